The molecule has 15 heavy (non-hydrogen) atoms. The lowest BCUT2D eigenvalue weighted by Gasteiger charge is -2.03. The van der Waals surface area contributed by atoms with E-state index in [2.05, 4.69) is 22.0 Å². The molecule has 0 spiro atoms. The highest BCUT2D eigenvalue weighted by molar-refractivity contribution is 9.08. The van der Waals surface area contributed by atoms with E-state index in [0.29, 0.717) is 0 Å². The van der Waals surface area contributed by atoms with E-state index in [1.165, 1.54) is 11.6 Å². The summed E-state index contributed by atoms with van der Waals surface area (Å²) in [7, 11) is 0. The second-order valence-electron chi connectivity index (χ2n) is 3.34. The van der Waals surface area contributed by atoms with Crippen LogP contribution in [0.15, 0.2) is 48.5 Å². The first kappa shape index (κ1) is 10.4. The Morgan fingerprint density at radius 1 is 0.933 bits per heavy atom. The van der Waals surface area contributed by atoms with Gasteiger partial charge in [0.05, 0.1) is 0 Å². The van der Waals surface area contributed by atoms with Crippen LogP contribution in [0.1, 0.15) is 5.56 Å². The molecule has 0 unspecified atom stereocenters. The highest BCUT2D eigenvalue weighted by Gasteiger charge is 1.99. The van der Waals surface area contributed by atoms with Crippen LogP contribution in [0.4, 0.5) is 4.39 Å². The van der Waals surface area contributed by atoms with Gasteiger partial charge in [0.2, 0.25) is 0 Å². The van der Waals surface area contributed by atoms with Crippen LogP contribution in [-0.4, -0.2) is 0 Å². The summed E-state index contributed by atoms with van der Waals surface area (Å²) in [5, 5.41) is 0.816. The minimum Gasteiger partial charge on any atom is -0.207 e. The molecule has 76 valence electrons. The Morgan fingerprint density at radius 3 is 2.27 bits per heavy atom. The quantitative estimate of drug-likeness (QED) is 0.706. The molecule has 0 aliphatic rings. The number of alkyl halides is 1. The van der Waals surface area contributed by atoms with Gasteiger partial charge in [-0.3, -0.25) is 0 Å². The molecule has 2 aromatic rings. The summed E-state index contributed by atoms with van der Waals surface area (Å²) in [4.78, 5) is 0. The summed E-state index contributed by atoms with van der Waals surface area (Å²) in [6.45, 7) is 0. The molecule has 0 fully saturated rings. The standard InChI is InChI=1S/C13H10BrF/c14-9-10-3-1-4-11(7-10)12-5-2-6-13(15)8-12/h1-8H,9H2. The molecule has 0 saturated heterocycles. The number of benzene rings is 2. The fourth-order valence-corrected chi connectivity index (χ4v) is 1.85. The normalized spacial score (nSPS) is 10.3. The Labute approximate surface area is 96.9 Å². The van der Waals surface area contributed by atoms with Crippen molar-refractivity contribution in [1.29, 1.82) is 0 Å². The Hall–Kier alpha value is -1.15. The Kier molecular flexibility index (Phi) is 3.17. The molecule has 0 saturated carbocycles. The lowest BCUT2D eigenvalue weighted by Crippen LogP contribution is -1.82. The molecular weight excluding hydrogens is 255 g/mol. The number of hydrogen-bond acceptors (Lipinski definition) is 0. The van der Waals surface area contributed by atoms with Crippen molar-refractivity contribution in [3.05, 3.63) is 59.9 Å². The minimum atomic E-state index is -0.197. The third-order valence-corrected chi connectivity index (χ3v) is 2.89. The second-order valence-corrected chi connectivity index (χ2v) is 3.91. The first-order valence-electron chi connectivity index (χ1n) is 4.70. The molecule has 0 bridgehead atoms. The first-order valence-corrected chi connectivity index (χ1v) is 5.82. The maximum Gasteiger partial charge on any atom is 0.123 e. The average Bonchev–Trinajstić information content (AvgIpc) is 2.29. The Balaban J connectivity index is 2.44. The van der Waals surface area contributed by atoms with Gasteiger partial charge in [0.25, 0.3) is 0 Å². The van der Waals surface area contributed by atoms with Gasteiger partial charge in [0.15, 0.2) is 0 Å². The zero-order valence-corrected chi connectivity index (χ0v) is 9.67. The highest BCUT2D eigenvalue weighted by atomic mass is 79.9. The van der Waals surface area contributed by atoms with E-state index < -0.39 is 0 Å². The van der Waals surface area contributed by atoms with Crippen molar-refractivity contribution in [3.8, 4) is 11.1 Å². The van der Waals surface area contributed by atoms with Crippen molar-refractivity contribution in [1.82, 2.24) is 0 Å². The predicted molar refractivity (Wildman–Crippen MR) is 64.5 cm³/mol. The van der Waals surface area contributed by atoms with Crippen molar-refractivity contribution in [2.45, 2.75) is 5.33 Å². The average molecular weight is 265 g/mol. The molecule has 0 radical (unpaired) electrons. The Morgan fingerprint density at radius 2 is 1.60 bits per heavy atom. The van der Waals surface area contributed by atoms with Crippen LogP contribution >= 0.6 is 15.9 Å². The summed E-state index contributed by atoms with van der Waals surface area (Å²) in [5.74, 6) is -0.197. The number of halogens is 2. The summed E-state index contributed by atoms with van der Waals surface area (Å²) >= 11 is 3.40. The molecule has 2 aromatic carbocycles. The molecule has 2 rings (SSSR count). The van der Waals surface area contributed by atoms with E-state index in [1.807, 2.05) is 24.3 Å². The zero-order valence-electron chi connectivity index (χ0n) is 8.08. The van der Waals surface area contributed by atoms with Crippen molar-refractivity contribution in [2.24, 2.45) is 0 Å². The smallest absolute Gasteiger partial charge is 0.123 e. The predicted octanol–water partition coefficient (Wildman–Crippen LogP) is 4.39. The van der Waals surface area contributed by atoms with E-state index in [1.54, 1.807) is 12.1 Å². The van der Waals surface area contributed by atoms with Gasteiger partial charge in [-0.1, -0.05) is 52.3 Å². The van der Waals surface area contributed by atoms with Crippen LogP contribution in [0, 0.1) is 5.82 Å². The van der Waals surface area contributed by atoms with Gasteiger partial charge >= 0.3 is 0 Å². The summed E-state index contributed by atoms with van der Waals surface area (Å²) in [5.41, 5.74) is 3.15. The number of hydrogen-bond donors (Lipinski definition) is 0. The van der Waals surface area contributed by atoms with E-state index in [4.69, 9.17) is 0 Å². The van der Waals surface area contributed by atoms with Crippen LogP contribution in [0.5, 0.6) is 0 Å². The third kappa shape index (κ3) is 2.45. The van der Waals surface area contributed by atoms with Gasteiger partial charge in [0.1, 0.15) is 5.82 Å². The zero-order chi connectivity index (χ0) is 10.7. The van der Waals surface area contributed by atoms with Crippen LogP contribution in [0.25, 0.3) is 11.1 Å². The van der Waals surface area contributed by atoms with Gasteiger partial charge in [-0.25, -0.2) is 4.39 Å². The van der Waals surface area contributed by atoms with Crippen molar-refractivity contribution in [3.63, 3.8) is 0 Å². The molecular formula is C13H10BrF. The van der Waals surface area contributed by atoms with Gasteiger partial charge in [0, 0.05) is 5.33 Å². The van der Waals surface area contributed by atoms with Gasteiger partial charge in [-0.05, 0) is 28.8 Å². The SMILES string of the molecule is Fc1cccc(-c2cccc(CBr)c2)c1. The topological polar surface area (TPSA) is 0 Å². The van der Waals surface area contributed by atoms with Crippen molar-refractivity contribution in [2.75, 3.05) is 0 Å². The van der Waals surface area contributed by atoms with Gasteiger partial charge < -0.3 is 0 Å². The fourth-order valence-electron chi connectivity index (χ4n) is 1.50. The monoisotopic (exact) mass is 264 g/mol. The molecule has 0 heterocycles. The summed E-state index contributed by atoms with van der Waals surface area (Å²) in [6, 6.07) is 14.7. The highest BCUT2D eigenvalue weighted by Crippen LogP contribution is 2.21. The first-order chi connectivity index (χ1) is 7.29. The van der Waals surface area contributed by atoms with E-state index in [9.17, 15) is 4.39 Å². The van der Waals surface area contributed by atoms with E-state index >= 15 is 0 Å². The molecule has 0 N–H and O–H groups in total. The molecule has 0 aliphatic carbocycles. The largest absolute Gasteiger partial charge is 0.207 e. The van der Waals surface area contributed by atoms with Crippen LogP contribution in [0.2, 0.25) is 0 Å². The van der Waals surface area contributed by atoms with Gasteiger partial charge in [-0.2, -0.15) is 0 Å². The van der Waals surface area contributed by atoms with Crippen LogP contribution in [-0.2, 0) is 5.33 Å². The fraction of sp³-hybridized carbons (Fsp3) is 0.0769. The molecule has 0 nitrogen and oxygen atoms in total. The van der Waals surface area contributed by atoms with E-state index in [0.717, 1.165) is 16.5 Å². The van der Waals surface area contributed by atoms with Crippen LogP contribution in [0.3, 0.4) is 0 Å². The van der Waals surface area contributed by atoms with Gasteiger partial charge in [-0.15, -0.1) is 0 Å². The molecule has 0 atom stereocenters. The maximum atomic E-state index is 13.0. The van der Waals surface area contributed by atoms with Crippen LogP contribution < -0.4 is 0 Å². The number of rotatable bonds is 2. The minimum absolute atomic E-state index is 0.197. The summed E-state index contributed by atoms with van der Waals surface area (Å²) < 4.78 is 13.0. The molecule has 0 amide bonds. The molecule has 2 heteroatoms. The Bertz CT molecular complexity index is 466. The maximum absolute atomic E-state index is 13.0. The molecule has 0 aliphatic heterocycles. The van der Waals surface area contributed by atoms with E-state index in [-0.39, 0.29) is 5.82 Å². The lowest BCUT2D eigenvalue weighted by molar-refractivity contribution is 0.628. The summed E-state index contributed by atoms with van der Waals surface area (Å²) in [6.07, 6.45) is 0. The second kappa shape index (κ2) is 4.58. The lowest BCUT2D eigenvalue weighted by atomic mass is 10.0. The molecule has 0 aromatic heterocycles. The van der Waals surface area contributed by atoms with Crippen molar-refractivity contribution < 1.29 is 4.39 Å². The third-order valence-electron chi connectivity index (χ3n) is 2.24. The van der Waals surface area contributed by atoms with Crippen molar-refractivity contribution >= 4 is 15.9 Å².